The van der Waals surface area contributed by atoms with E-state index in [1.54, 1.807) is 0 Å². The van der Waals surface area contributed by atoms with Gasteiger partial charge < -0.3 is 18.6 Å². The summed E-state index contributed by atoms with van der Waals surface area (Å²) in [6.07, 6.45) is 0. The molecule has 0 bridgehead atoms. The lowest BCUT2D eigenvalue weighted by Gasteiger charge is -2.32. The predicted octanol–water partition coefficient (Wildman–Crippen LogP) is 18.0. The van der Waals surface area contributed by atoms with Gasteiger partial charge in [0, 0.05) is 70.2 Å². The standard InChI is InChI=1S/C63H38N2O2S/c1-3-17-39(18-4-1)64(41-34-36-58-49(37-41)46-23-10-14-32-57(46)68-58)42-33-35-44-43-21-7-11-26-50(43)63(52(44)38-42)51-27-16-28-53(60(51)59-48-24-9-13-31-56(48)67-62(59)63)65(40-19-5-2-6-20-40)54-29-15-25-47-45-22-8-12-30-55(45)66-61(47)54/h1-38H. The van der Waals surface area contributed by atoms with E-state index >= 15 is 0 Å². The molecule has 0 radical (unpaired) electrons. The molecule has 0 N–H and O–H groups in total. The number of para-hydroxylation sites is 5. The first-order chi connectivity index (χ1) is 33.7. The molecule has 0 amide bonds. The number of thiophene rings is 1. The van der Waals surface area contributed by atoms with Crippen molar-refractivity contribution >= 4 is 98.5 Å². The number of nitrogens with zero attached hydrogens (tertiary/aromatic N) is 2. The zero-order chi connectivity index (χ0) is 44.5. The van der Waals surface area contributed by atoms with Gasteiger partial charge in [0.2, 0.25) is 0 Å². The van der Waals surface area contributed by atoms with Gasteiger partial charge in [-0.2, -0.15) is 0 Å². The highest BCUT2D eigenvalue weighted by atomic mass is 32.1. The van der Waals surface area contributed by atoms with Gasteiger partial charge in [-0.1, -0.05) is 146 Å². The van der Waals surface area contributed by atoms with Crippen LogP contribution in [0, 0.1) is 0 Å². The molecule has 1 unspecified atom stereocenters. The van der Waals surface area contributed by atoms with Crippen molar-refractivity contribution in [3.05, 3.63) is 253 Å². The summed E-state index contributed by atoms with van der Waals surface area (Å²) in [5.41, 5.74) is 16.4. The number of hydrogen-bond donors (Lipinski definition) is 0. The Morgan fingerprint density at radius 1 is 0.338 bits per heavy atom. The fourth-order valence-electron chi connectivity index (χ4n) is 11.7. The van der Waals surface area contributed by atoms with Gasteiger partial charge >= 0.3 is 0 Å². The van der Waals surface area contributed by atoms with E-state index < -0.39 is 5.41 Å². The normalized spacial score (nSPS) is 14.5. The lowest BCUT2D eigenvalue weighted by atomic mass is 9.73. The topological polar surface area (TPSA) is 32.8 Å². The van der Waals surface area contributed by atoms with Crippen molar-refractivity contribution in [2.75, 3.05) is 9.80 Å². The summed E-state index contributed by atoms with van der Waals surface area (Å²) in [5.74, 6) is 0.942. The molecule has 15 rings (SSSR count). The van der Waals surface area contributed by atoms with Crippen LogP contribution in [0.4, 0.5) is 34.1 Å². The Hall–Kier alpha value is -8.64. The minimum absolute atomic E-state index is 0.786. The highest BCUT2D eigenvalue weighted by Crippen LogP contribution is 2.67. The summed E-state index contributed by atoms with van der Waals surface area (Å²) in [6.45, 7) is 0. The van der Waals surface area contributed by atoms with E-state index in [-0.39, 0.29) is 0 Å². The van der Waals surface area contributed by atoms with Crippen molar-refractivity contribution in [2.24, 2.45) is 0 Å². The van der Waals surface area contributed by atoms with Crippen LogP contribution in [-0.2, 0) is 5.41 Å². The van der Waals surface area contributed by atoms with Crippen LogP contribution in [0.25, 0.3) is 75.3 Å². The molecule has 13 aromatic rings. The SMILES string of the molecule is c1ccc(N(c2ccc3c(c2)C2(c4ccccc4-3)c3cccc(N(c4ccccc4)c4cccc5c4oc4ccccc45)c3-c3c2oc2ccccc32)c2ccc3sc4ccccc4c3c2)cc1. The van der Waals surface area contributed by atoms with Gasteiger partial charge in [-0.3, -0.25) is 0 Å². The second-order valence-corrected chi connectivity index (χ2v) is 19.0. The van der Waals surface area contributed by atoms with Gasteiger partial charge in [-0.05, 0) is 113 Å². The maximum absolute atomic E-state index is 7.40. The molecular formula is C63H38N2O2S. The predicted molar refractivity (Wildman–Crippen MR) is 282 cm³/mol. The van der Waals surface area contributed by atoms with Gasteiger partial charge in [0.25, 0.3) is 0 Å². The quantitative estimate of drug-likeness (QED) is 0.167. The fraction of sp³-hybridized carbons (Fsp3) is 0.0159. The van der Waals surface area contributed by atoms with E-state index in [0.29, 0.717) is 0 Å². The maximum atomic E-state index is 7.40. The second kappa shape index (κ2) is 14.2. The summed E-state index contributed by atoms with van der Waals surface area (Å²) >= 11 is 1.85. The molecule has 10 aromatic carbocycles. The van der Waals surface area contributed by atoms with Crippen molar-refractivity contribution in [3.8, 4) is 22.3 Å². The number of hydrogen-bond acceptors (Lipinski definition) is 5. The number of furan rings is 2. The van der Waals surface area contributed by atoms with Crippen LogP contribution in [0.5, 0.6) is 0 Å². The third kappa shape index (κ3) is 5.08. The van der Waals surface area contributed by atoms with Gasteiger partial charge in [-0.25, -0.2) is 0 Å². The highest BCUT2D eigenvalue weighted by molar-refractivity contribution is 7.25. The lowest BCUT2D eigenvalue weighted by Crippen LogP contribution is -2.26. The third-order valence-electron chi connectivity index (χ3n) is 14.4. The Kier molecular flexibility index (Phi) is 7.83. The summed E-state index contributed by atoms with van der Waals surface area (Å²) in [5, 5.41) is 5.81. The van der Waals surface area contributed by atoms with Crippen LogP contribution >= 0.6 is 11.3 Å². The first-order valence-corrected chi connectivity index (χ1v) is 24.0. The first kappa shape index (κ1) is 37.6. The molecule has 1 spiro atoms. The van der Waals surface area contributed by atoms with Crippen molar-refractivity contribution in [1.82, 2.24) is 0 Å². The van der Waals surface area contributed by atoms with Gasteiger partial charge in [0.15, 0.2) is 5.58 Å². The molecule has 68 heavy (non-hydrogen) atoms. The molecule has 4 nitrogen and oxygen atoms in total. The largest absolute Gasteiger partial charge is 0.459 e. The van der Waals surface area contributed by atoms with Gasteiger partial charge in [-0.15, -0.1) is 11.3 Å². The van der Waals surface area contributed by atoms with Crippen LogP contribution in [0.1, 0.15) is 22.5 Å². The monoisotopic (exact) mass is 886 g/mol. The molecule has 2 aliphatic carbocycles. The van der Waals surface area contributed by atoms with Crippen molar-refractivity contribution in [1.29, 1.82) is 0 Å². The van der Waals surface area contributed by atoms with Gasteiger partial charge in [0.1, 0.15) is 22.3 Å². The minimum atomic E-state index is -0.786. The average Bonchev–Trinajstić information content (AvgIpc) is 4.20. The molecule has 0 saturated heterocycles. The first-order valence-electron chi connectivity index (χ1n) is 23.2. The third-order valence-corrected chi connectivity index (χ3v) is 15.6. The minimum Gasteiger partial charge on any atom is -0.459 e. The molecular weight excluding hydrogens is 849 g/mol. The van der Waals surface area contributed by atoms with Crippen LogP contribution in [0.2, 0.25) is 0 Å². The summed E-state index contributed by atoms with van der Waals surface area (Å²) in [7, 11) is 0. The van der Waals surface area contributed by atoms with Crippen LogP contribution in [-0.4, -0.2) is 0 Å². The molecule has 3 aromatic heterocycles. The molecule has 0 fully saturated rings. The number of fused-ring (bicyclic) bond motifs is 18. The van der Waals surface area contributed by atoms with Crippen LogP contribution < -0.4 is 9.80 Å². The van der Waals surface area contributed by atoms with E-state index in [4.69, 9.17) is 8.83 Å². The molecule has 1 atom stereocenters. The highest BCUT2D eigenvalue weighted by Gasteiger charge is 2.56. The van der Waals surface area contributed by atoms with E-state index in [1.165, 1.54) is 48.0 Å². The number of benzene rings is 10. The molecule has 318 valence electrons. The zero-order valence-corrected chi connectivity index (χ0v) is 37.4. The Morgan fingerprint density at radius 2 is 0.926 bits per heavy atom. The zero-order valence-electron chi connectivity index (χ0n) is 36.6. The van der Waals surface area contributed by atoms with E-state index in [9.17, 15) is 0 Å². The lowest BCUT2D eigenvalue weighted by molar-refractivity contribution is 0.507. The fourth-order valence-corrected chi connectivity index (χ4v) is 12.8. The second-order valence-electron chi connectivity index (χ2n) is 17.9. The van der Waals surface area contributed by atoms with Crippen molar-refractivity contribution < 1.29 is 8.83 Å². The average molecular weight is 887 g/mol. The Balaban J connectivity index is 1.02. The van der Waals surface area contributed by atoms with Crippen LogP contribution in [0.15, 0.2) is 239 Å². The smallest absolute Gasteiger partial charge is 0.159 e. The Morgan fingerprint density at radius 3 is 1.76 bits per heavy atom. The summed E-state index contributed by atoms with van der Waals surface area (Å²) < 4.78 is 16.8. The van der Waals surface area contributed by atoms with Crippen molar-refractivity contribution in [2.45, 2.75) is 5.41 Å². The summed E-state index contributed by atoms with van der Waals surface area (Å²) in [6, 6.07) is 83.5. The number of anilines is 6. The molecule has 0 aliphatic heterocycles. The number of rotatable bonds is 6. The molecule has 3 heterocycles. The summed E-state index contributed by atoms with van der Waals surface area (Å²) in [4.78, 5) is 4.81. The van der Waals surface area contributed by atoms with E-state index in [0.717, 1.165) is 83.9 Å². The van der Waals surface area contributed by atoms with E-state index in [1.807, 2.05) is 17.4 Å². The molecule has 5 heteroatoms. The van der Waals surface area contributed by atoms with Gasteiger partial charge in [0.05, 0.1) is 11.4 Å². The Bertz CT molecular complexity index is 4180. The van der Waals surface area contributed by atoms with Crippen molar-refractivity contribution in [3.63, 3.8) is 0 Å². The van der Waals surface area contributed by atoms with E-state index in [2.05, 4.69) is 234 Å². The maximum Gasteiger partial charge on any atom is 0.159 e. The molecule has 2 aliphatic rings. The Labute approximate surface area is 395 Å². The van der Waals surface area contributed by atoms with Crippen LogP contribution in [0.3, 0.4) is 0 Å². The molecule has 0 saturated carbocycles.